The van der Waals surface area contributed by atoms with Gasteiger partial charge < -0.3 is 19.7 Å². The summed E-state index contributed by atoms with van der Waals surface area (Å²) in [6.45, 7) is 2.13. The molecule has 0 spiro atoms. The number of carbonyl (C=O) groups is 1. The van der Waals surface area contributed by atoms with Gasteiger partial charge in [-0.05, 0) is 25.5 Å². The van der Waals surface area contributed by atoms with Gasteiger partial charge in [0.2, 0.25) is 5.91 Å². The van der Waals surface area contributed by atoms with Crippen molar-refractivity contribution >= 4 is 5.91 Å². The molecule has 3 rings (SSSR count). The van der Waals surface area contributed by atoms with E-state index in [0.29, 0.717) is 18.7 Å². The van der Waals surface area contributed by atoms with E-state index < -0.39 is 5.56 Å². The molecule has 126 valence electrons. The molecule has 7 nitrogen and oxygen atoms in total. The fourth-order valence-corrected chi connectivity index (χ4v) is 2.92. The molecule has 2 atom stereocenters. The lowest BCUT2D eigenvalue weighted by atomic mass is 10.0. The maximum absolute atomic E-state index is 12.3. The number of pyridine rings is 2. The largest absolute Gasteiger partial charge is 0.508 e. The molecular weight excluding hydrogens is 310 g/mol. The molecule has 0 radical (unpaired) electrons. The first kappa shape index (κ1) is 16.2. The molecule has 0 aliphatic carbocycles. The van der Waals surface area contributed by atoms with Crippen LogP contribution in [0, 0.1) is 6.92 Å². The summed E-state index contributed by atoms with van der Waals surface area (Å²) in [5, 5.41) is 12.3. The lowest BCUT2D eigenvalue weighted by Gasteiger charge is -2.20. The predicted molar refractivity (Wildman–Crippen MR) is 86.6 cm³/mol. The monoisotopic (exact) mass is 329 g/mol. The van der Waals surface area contributed by atoms with E-state index in [2.05, 4.69) is 10.3 Å². The van der Waals surface area contributed by atoms with Crippen LogP contribution in [-0.2, 0) is 16.1 Å². The van der Waals surface area contributed by atoms with Crippen LogP contribution >= 0.6 is 0 Å². The van der Waals surface area contributed by atoms with Crippen LogP contribution in [0.4, 0.5) is 0 Å². The van der Waals surface area contributed by atoms with Gasteiger partial charge in [-0.3, -0.25) is 14.6 Å². The fraction of sp³-hybridized carbons (Fsp3) is 0.353. The van der Waals surface area contributed by atoms with E-state index in [9.17, 15) is 14.7 Å². The Morgan fingerprint density at radius 1 is 1.50 bits per heavy atom. The van der Waals surface area contributed by atoms with E-state index in [0.717, 1.165) is 11.6 Å². The standard InChI is InChI=1S/C17H19N3O4/c1-11-7-13(21)8-16(23)20(11)10-15(22)19-14-4-6-24-17(14)12-3-2-5-18-9-12/h2-3,5,7-9,14,17,21H,4,6,10H2,1H3,(H,19,22)/t14-,17+/m0/s1. The molecule has 0 bridgehead atoms. The average Bonchev–Trinajstić information content (AvgIpc) is 3.00. The van der Waals surface area contributed by atoms with Crippen LogP contribution in [0.25, 0.3) is 0 Å². The van der Waals surface area contributed by atoms with E-state index in [1.807, 2.05) is 12.1 Å². The highest BCUT2D eigenvalue weighted by Crippen LogP contribution is 2.28. The van der Waals surface area contributed by atoms with Gasteiger partial charge in [0.1, 0.15) is 18.4 Å². The number of nitrogens with zero attached hydrogens (tertiary/aromatic N) is 2. The van der Waals surface area contributed by atoms with E-state index in [1.165, 1.54) is 10.6 Å². The summed E-state index contributed by atoms with van der Waals surface area (Å²) in [5.41, 5.74) is 1.04. The zero-order valence-electron chi connectivity index (χ0n) is 13.3. The third kappa shape index (κ3) is 3.46. The van der Waals surface area contributed by atoms with E-state index >= 15 is 0 Å². The Morgan fingerprint density at radius 2 is 2.33 bits per heavy atom. The van der Waals surface area contributed by atoms with E-state index in [4.69, 9.17) is 4.74 Å². The Morgan fingerprint density at radius 3 is 3.04 bits per heavy atom. The van der Waals surface area contributed by atoms with Crippen molar-refractivity contribution in [3.05, 3.63) is 58.3 Å². The number of aromatic hydroxyl groups is 1. The first-order valence-corrected chi connectivity index (χ1v) is 7.76. The quantitative estimate of drug-likeness (QED) is 0.869. The van der Waals surface area contributed by atoms with E-state index in [-0.39, 0.29) is 30.3 Å². The second kappa shape index (κ2) is 6.84. The van der Waals surface area contributed by atoms with Crippen molar-refractivity contribution < 1.29 is 14.6 Å². The first-order chi connectivity index (χ1) is 11.5. The normalized spacial score (nSPS) is 20.0. The number of aromatic nitrogens is 2. The van der Waals surface area contributed by atoms with Crippen molar-refractivity contribution in [3.8, 4) is 5.75 Å². The van der Waals surface area contributed by atoms with Gasteiger partial charge in [-0.15, -0.1) is 0 Å². The molecule has 1 fully saturated rings. The average molecular weight is 329 g/mol. The summed E-state index contributed by atoms with van der Waals surface area (Å²) in [6.07, 6.45) is 3.88. The van der Waals surface area contributed by atoms with Gasteiger partial charge in [0, 0.05) is 36.3 Å². The third-order valence-electron chi connectivity index (χ3n) is 4.07. The Labute approximate surface area is 138 Å². The van der Waals surface area contributed by atoms with Gasteiger partial charge in [0.05, 0.1) is 6.04 Å². The number of rotatable bonds is 4. The second-order valence-corrected chi connectivity index (χ2v) is 5.82. The topological polar surface area (TPSA) is 93.5 Å². The number of hydrogen-bond acceptors (Lipinski definition) is 5. The van der Waals surface area contributed by atoms with Crippen LogP contribution in [0.1, 0.15) is 23.8 Å². The van der Waals surface area contributed by atoms with Crippen LogP contribution in [0.15, 0.2) is 41.5 Å². The second-order valence-electron chi connectivity index (χ2n) is 5.82. The van der Waals surface area contributed by atoms with Crippen LogP contribution in [0.5, 0.6) is 5.75 Å². The summed E-state index contributed by atoms with van der Waals surface area (Å²) >= 11 is 0. The minimum atomic E-state index is -0.408. The summed E-state index contributed by atoms with van der Waals surface area (Å²) in [4.78, 5) is 28.3. The summed E-state index contributed by atoms with van der Waals surface area (Å²) in [7, 11) is 0. The summed E-state index contributed by atoms with van der Waals surface area (Å²) < 4.78 is 7.03. The van der Waals surface area contributed by atoms with Gasteiger partial charge >= 0.3 is 0 Å². The van der Waals surface area contributed by atoms with Gasteiger partial charge in [0.25, 0.3) is 5.56 Å². The van der Waals surface area contributed by atoms with Crippen molar-refractivity contribution in [2.75, 3.05) is 6.61 Å². The van der Waals surface area contributed by atoms with Crippen LogP contribution < -0.4 is 10.9 Å². The Bertz CT molecular complexity index is 788. The zero-order chi connectivity index (χ0) is 17.1. The molecule has 0 saturated carbocycles. The Hall–Kier alpha value is -2.67. The van der Waals surface area contributed by atoms with Crippen molar-refractivity contribution in [3.63, 3.8) is 0 Å². The van der Waals surface area contributed by atoms with Gasteiger partial charge in [-0.2, -0.15) is 0 Å². The molecule has 0 unspecified atom stereocenters. The predicted octanol–water partition coefficient (Wildman–Crippen LogP) is 0.904. The third-order valence-corrected chi connectivity index (χ3v) is 4.07. The first-order valence-electron chi connectivity index (χ1n) is 7.76. The minimum Gasteiger partial charge on any atom is -0.508 e. The van der Waals surface area contributed by atoms with Crippen LogP contribution in [-0.4, -0.2) is 33.2 Å². The van der Waals surface area contributed by atoms with Crippen LogP contribution in [0.3, 0.4) is 0 Å². The highest BCUT2D eigenvalue weighted by atomic mass is 16.5. The molecule has 1 aliphatic heterocycles. The van der Waals surface area contributed by atoms with Gasteiger partial charge in [-0.25, -0.2) is 0 Å². The lowest BCUT2D eigenvalue weighted by Crippen LogP contribution is -2.40. The molecule has 1 saturated heterocycles. The van der Waals surface area contributed by atoms with Gasteiger partial charge in [-0.1, -0.05) is 6.07 Å². The number of ether oxygens (including phenoxy) is 1. The molecule has 1 aliphatic rings. The fourth-order valence-electron chi connectivity index (χ4n) is 2.92. The van der Waals surface area contributed by atoms with Crippen LogP contribution in [0.2, 0.25) is 0 Å². The summed E-state index contributed by atoms with van der Waals surface area (Å²) in [5.74, 6) is -0.370. The lowest BCUT2D eigenvalue weighted by molar-refractivity contribution is -0.122. The Balaban J connectivity index is 1.70. The number of nitrogens with one attached hydrogen (secondary N) is 1. The molecule has 2 aromatic heterocycles. The van der Waals surface area contributed by atoms with Crippen molar-refractivity contribution in [1.29, 1.82) is 0 Å². The molecule has 24 heavy (non-hydrogen) atoms. The number of amides is 1. The van der Waals surface area contributed by atoms with Gasteiger partial charge in [0.15, 0.2) is 0 Å². The van der Waals surface area contributed by atoms with Crippen molar-refractivity contribution in [2.45, 2.75) is 32.0 Å². The zero-order valence-corrected chi connectivity index (χ0v) is 13.3. The number of carbonyl (C=O) groups excluding carboxylic acids is 1. The molecule has 2 aromatic rings. The molecule has 1 amide bonds. The number of aryl methyl sites for hydroxylation is 1. The Kier molecular flexibility index (Phi) is 4.61. The minimum absolute atomic E-state index is 0.0960. The smallest absolute Gasteiger partial charge is 0.254 e. The van der Waals surface area contributed by atoms with Crippen molar-refractivity contribution in [2.24, 2.45) is 0 Å². The SMILES string of the molecule is Cc1cc(O)cc(=O)n1CC(=O)N[C@H]1CCO[C@@H]1c1cccnc1. The van der Waals surface area contributed by atoms with E-state index in [1.54, 1.807) is 19.3 Å². The number of hydrogen-bond donors (Lipinski definition) is 2. The molecule has 0 aromatic carbocycles. The highest BCUT2D eigenvalue weighted by molar-refractivity contribution is 5.76. The maximum Gasteiger partial charge on any atom is 0.254 e. The van der Waals surface area contributed by atoms with Crippen molar-refractivity contribution in [1.82, 2.24) is 14.9 Å². The summed E-state index contributed by atoms with van der Waals surface area (Å²) in [6, 6.07) is 6.13. The molecular formula is C17H19N3O4. The molecule has 2 N–H and O–H groups in total. The molecule has 3 heterocycles. The maximum atomic E-state index is 12.3. The molecule has 7 heteroatoms. The highest BCUT2D eigenvalue weighted by Gasteiger charge is 2.31.